The number of carboxylic acids is 1. The lowest BCUT2D eigenvalue weighted by atomic mass is 10.1. The van der Waals surface area contributed by atoms with Crippen LogP contribution in [0.4, 0.5) is 5.69 Å². The Kier molecular flexibility index (Phi) is 5.65. The second kappa shape index (κ2) is 7.01. The zero-order valence-corrected chi connectivity index (χ0v) is 11.4. The monoisotopic (exact) mass is 250 g/mol. The normalized spacial score (nSPS) is 10.7. The number of para-hydroxylation sites is 1. The average Bonchev–Trinajstić information content (AvgIpc) is 2.30. The van der Waals surface area contributed by atoms with Crippen LogP contribution in [0.1, 0.15) is 12.0 Å². The molecule has 0 atom stereocenters. The molecule has 100 valence electrons. The minimum absolute atomic E-state index is 0.168. The maximum Gasteiger partial charge on any atom is 0.305 e. The van der Waals surface area contributed by atoms with Crippen molar-refractivity contribution in [3.05, 3.63) is 29.8 Å². The van der Waals surface area contributed by atoms with Crippen molar-refractivity contribution in [1.82, 2.24) is 4.90 Å². The van der Waals surface area contributed by atoms with Crippen molar-refractivity contribution >= 4 is 11.7 Å². The van der Waals surface area contributed by atoms with E-state index in [9.17, 15) is 4.79 Å². The summed E-state index contributed by atoms with van der Waals surface area (Å²) in [5, 5.41) is 8.82. The van der Waals surface area contributed by atoms with E-state index in [0.29, 0.717) is 6.54 Å². The van der Waals surface area contributed by atoms with Crippen LogP contribution in [0, 0.1) is 6.92 Å². The molecule has 0 heterocycles. The minimum Gasteiger partial charge on any atom is -0.481 e. The Morgan fingerprint density at radius 1 is 1.17 bits per heavy atom. The molecule has 0 bridgehead atoms. The van der Waals surface area contributed by atoms with Gasteiger partial charge in [-0.3, -0.25) is 4.79 Å². The topological polar surface area (TPSA) is 43.8 Å². The molecule has 1 aromatic carbocycles. The van der Waals surface area contributed by atoms with Gasteiger partial charge in [-0.15, -0.1) is 0 Å². The molecule has 1 rings (SSSR count). The van der Waals surface area contributed by atoms with E-state index >= 15 is 0 Å². The standard InChI is InChI=1S/C14H22N2O2/c1-12-6-4-5-7-13(12)16(9-8-14(17)18)11-10-15(2)3/h4-7H,8-11H2,1-3H3,(H,17,18). The minimum atomic E-state index is -0.751. The van der Waals surface area contributed by atoms with Crippen molar-refractivity contribution in [3.8, 4) is 0 Å². The van der Waals surface area contributed by atoms with Crippen LogP contribution >= 0.6 is 0 Å². The zero-order chi connectivity index (χ0) is 13.5. The first-order chi connectivity index (χ1) is 8.50. The lowest BCUT2D eigenvalue weighted by Crippen LogP contribution is -2.33. The summed E-state index contributed by atoms with van der Waals surface area (Å²) in [6, 6.07) is 8.09. The number of hydrogen-bond acceptors (Lipinski definition) is 3. The van der Waals surface area contributed by atoms with Crippen LogP contribution in [0.2, 0.25) is 0 Å². The van der Waals surface area contributed by atoms with Gasteiger partial charge in [0.1, 0.15) is 0 Å². The molecular weight excluding hydrogens is 228 g/mol. The molecule has 18 heavy (non-hydrogen) atoms. The highest BCUT2D eigenvalue weighted by Crippen LogP contribution is 2.19. The van der Waals surface area contributed by atoms with Crippen LogP contribution in [0.15, 0.2) is 24.3 Å². The van der Waals surface area contributed by atoms with Crippen molar-refractivity contribution in [2.45, 2.75) is 13.3 Å². The van der Waals surface area contributed by atoms with Crippen LogP contribution < -0.4 is 4.90 Å². The number of hydrogen-bond donors (Lipinski definition) is 1. The highest BCUT2D eigenvalue weighted by atomic mass is 16.4. The molecule has 1 N–H and O–H groups in total. The largest absolute Gasteiger partial charge is 0.481 e. The molecule has 0 saturated heterocycles. The van der Waals surface area contributed by atoms with Crippen molar-refractivity contribution in [1.29, 1.82) is 0 Å². The summed E-state index contributed by atoms with van der Waals surface area (Å²) < 4.78 is 0. The Balaban J connectivity index is 2.75. The van der Waals surface area contributed by atoms with E-state index in [2.05, 4.69) is 22.8 Å². The van der Waals surface area contributed by atoms with Gasteiger partial charge in [0.25, 0.3) is 0 Å². The molecule has 0 spiro atoms. The van der Waals surface area contributed by atoms with Crippen molar-refractivity contribution in [2.24, 2.45) is 0 Å². The second-order valence-electron chi connectivity index (χ2n) is 4.72. The van der Waals surface area contributed by atoms with Crippen LogP contribution in [-0.4, -0.2) is 49.7 Å². The first-order valence-electron chi connectivity index (χ1n) is 6.18. The van der Waals surface area contributed by atoms with Crippen molar-refractivity contribution in [2.75, 3.05) is 38.6 Å². The first kappa shape index (κ1) is 14.5. The zero-order valence-electron chi connectivity index (χ0n) is 11.4. The molecule has 4 heteroatoms. The fraction of sp³-hybridized carbons (Fsp3) is 0.500. The van der Waals surface area contributed by atoms with Crippen LogP contribution in [0.3, 0.4) is 0 Å². The second-order valence-corrected chi connectivity index (χ2v) is 4.72. The van der Waals surface area contributed by atoms with Gasteiger partial charge in [-0.25, -0.2) is 0 Å². The molecule has 0 fully saturated rings. The van der Waals surface area contributed by atoms with E-state index in [1.807, 2.05) is 32.3 Å². The fourth-order valence-corrected chi connectivity index (χ4v) is 1.82. The lowest BCUT2D eigenvalue weighted by molar-refractivity contribution is -0.136. The molecule has 0 unspecified atom stereocenters. The van der Waals surface area contributed by atoms with Gasteiger partial charge >= 0.3 is 5.97 Å². The third-order valence-electron chi connectivity index (χ3n) is 2.87. The molecular formula is C14H22N2O2. The Morgan fingerprint density at radius 2 is 1.83 bits per heavy atom. The first-order valence-corrected chi connectivity index (χ1v) is 6.18. The van der Waals surface area contributed by atoms with Gasteiger partial charge in [-0.1, -0.05) is 18.2 Å². The smallest absolute Gasteiger partial charge is 0.305 e. The number of anilines is 1. The SMILES string of the molecule is Cc1ccccc1N(CCC(=O)O)CCN(C)C. The fourth-order valence-electron chi connectivity index (χ4n) is 1.82. The number of likely N-dealkylation sites (N-methyl/N-ethyl adjacent to an activating group) is 1. The van der Waals surface area contributed by atoms with E-state index in [1.54, 1.807) is 0 Å². The van der Waals surface area contributed by atoms with E-state index in [0.717, 1.165) is 18.8 Å². The molecule has 0 aliphatic heterocycles. The molecule has 1 aromatic rings. The van der Waals surface area contributed by atoms with E-state index in [4.69, 9.17) is 5.11 Å². The number of nitrogens with zero attached hydrogens (tertiary/aromatic N) is 2. The third-order valence-corrected chi connectivity index (χ3v) is 2.87. The van der Waals surface area contributed by atoms with Gasteiger partial charge in [0, 0.05) is 25.3 Å². The van der Waals surface area contributed by atoms with Crippen molar-refractivity contribution < 1.29 is 9.90 Å². The summed E-state index contributed by atoms with van der Waals surface area (Å²) in [5.74, 6) is -0.751. The molecule has 4 nitrogen and oxygen atoms in total. The molecule has 0 aromatic heterocycles. The summed E-state index contributed by atoms with van der Waals surface area (Å²) in [7, 11) is 4.04. The Morgan fingerprint density at radius 3 is 2.39 bits per heavy atom. The maximum atomic E-state index is 10.7. The summed E-state index contributed by atoms with van der Waals surface area (Å²) in [6.07, 6.45) is 0.168. The average molecular weight is 250 g/mol. The van der Waals surface area contributed by atoms with E-state index in [1.165, 1.54) is 5.56 Å². The predicted octanol–water partition coefficient (Wildman–Crippen LogP) is 1.84. The number of aliphatic carboxylic acids is 1. The summed E-state index contributed by atoms with van der Waals surface area (Å²) in [6.45, 7) is 4.35. The number of rotatable bonds is 7. The third kappa shape index (κ3) is 4.75. The Labute approximate surface area is 109 Å². The van der Waals surface area contributed by atoms with Gasteiger partial charge in [-0.2, -0.15) is 0 Å². The molecule has 0 radical (unpaired) electrons. The summed E-state index contributed by atoms with van der Waals surface area (Å²) in [4.78, 5) is 15.0. The van der Waals surface area contributed by atoms with Gasteiger partial charge in [0.2, 0.25) is 0 Å². The lowest BCUT2D eigenvalue weighted by Gasteiger charge is -2.27. The molecule has 0 aliphatic rings. The van der Waals surface area contributed by atoms with Gasteiger partial charge in [-0.05, 0) is 32.6 Å². The van der Waals surface area contributed by atoms with Gasteiger partial charge < -0.3 is 14.9 Å². The quantitative estimate of drug-likeness (QED) is 0.802. The number of benzene rings is 1. The molecule has 0 saturated carbocycles. The van der Waals surface area contributed by atoms with E-state index in [-0.39, 0.29) is 6.42 Å². The number of carbonyl (C=O) groups is 1. The highest BCUT2D eigenvalue weighted by molar-refractivity contribution is 5.68. The maximum absolute atomic E-state index is 10.7. The van der Waals surface area contributed by atoms with Crippen LogP contribution in [0.25, 0.3) is 0 Å². The van der Waals surface area contributed by atoms with Gasteiger partial charge in [0.15, 0.2) is 0 Å². The highest BCUT2D eigenvalue weighted by Gasteiger charge is 2.10. The number of carboxylic acid groups (broad SMARTS) is 1. The molecule has 0 aliphatic carbocycles. The predicted molar refractivity (Wildman–Crippen MR) is 74.2 cm³/mol. The Bertz CT molecular complexity index is 391. The molecule has 0 amide bonds. The summed E-state index contributed by atoms with van der Waals surface area (Å²) >= 11 is 0. The Hall–Kier alpha value is -1.55. The van der Waals surface area contributed by atoms with Gasteiger partial charge in [0.05, 0.1) is 6.42 Å². The van der Waals surface area contributed by atoms with Crippen LogP contribution in [-0.2, 0) is 4.79 Å². The number of aryl methyl sites for hydroxylation is 1. The van der Waals surface area contributed by atoms with Crippen LogP contribution in [0.5, 0.6) is 0 Å². The van der Waals surface area contributed by atoms with E-state index < -0.39 is 5.97 Å². The summed E-state index contributed by atoms with van der Waals surface area (Å²) in [5.41, 5.74) is 2.31. The van der Waals surface area contributed by atoms with Crippen molar-refractivity contribution in [3.63, 3.8) is 0 Å².